The van der Waals surface area contributed by atoms with Crippen molar-refractivity contribution in [3.63, 3.8) is 0 Å². The second-order valence-electron chi connectivity index (χ2n) is 4.10. The van der Waals surface area contributed by atoms with Crippen LogP contribution in [0.3, 0.4) is 0 Å². The molecule has 0 heterocycles. The zero-order valence-corrected chi connectivity index (χ0v) is 12.1. The molecule has 9 nitrogen and oxygen atoms in total. The molecule has 1 aromatic carbocycles. The van der Waals surface area contributed by atoms with Crippen molar-refractivity contribution in [1.82, 2.24) is 5.32 Å². The fourth-order valence-electron chi connectivity index (χ4n) is 1.50. The summed E-state index contributed by atoms with van der Waals surface area (Å²) in [6, 6.07) is 3.25. The Morgan fingerprint density at radius 3 is 2.14 bits per heavy atom. The maximum atomic E-state index is 11.8. The molecule has 1 amide bonds. The molecule has 1 unspecified atom stereocenters. The number of nitro groups is 1. The minimum Gasteiger partial charge on any atom is -0.481 e. The Labute approximate surface area is 134 Å². The number of nitrogens with one attached hydrogen (secondary N) is 1. The minimum atomic E-state index is -1.36. The predicted molar refractivity (Wildman–Crippen MR) is 68.9 cm³/mol. The number of carbonyl (C=O) groups excluding carboxylic acids is 1. The number of hydrogen-bond acceptors (Lipinski definition) is 5. The Kier molecular flexibility index (Phi) is 7.78. The molecule has 3 N–H and O–H groups in total. The van der Waals surface area contributed by atoms with Gasteiger partial charge in [0.15, 0.2) is 0 Å². The molecular weight excluding hydrogens is 340 g/mol. The number of carboxylic acids is 2. The number of amides is 1. The van der Waals surface area contributed by atoms with Crippen molar-refractivity contribution < 1.29 is 46.6 Å². The van der Waals surface area contributed by atoms with E-state index in [4.69, 9.17) is 10.2 Å². The van der Waals surface area contributed by atoms with Crippen molar-refractivity contribution in [2.24, 2.45) is 0 Å². The quantitative estimate of drug-likeness (QED) is 0.371. The van der Waals surface area contributed by atoms with E-state index >= 15 is 0 Å². The summed E-state index contributed by atoms with van der Waals surface area (Å²) < 4.78 is 0. The Morgan fingerprint density at radius 2 is 1.73 bits per heavy atom. The minimum absolute atomic E-state index is 0. The number of hydrogen-bond donors (Lipinski definition) is 3. The maximum absolute atomic E-state index is 11.8. The summed E-state index contributed by atoms with van der Waals surface area (Å²) in [6.45, 7) is 0. The fourth-order valence-corrected chi connectivity index (χ4v) is 1.50. The van der Waals surface area contributed by atoms with Crippen LogP contribution >= 0.6 is 0 Å². The molecule has 120 valence electrons. The summed E-state index contributed by atoms with van der Waals surface area (Å²) in [6.07, 6.45) is -0.666. The van der Waals surface area contributed by atoms with Crippen molar-refractivity contribution in [1.29, 1.82) is 0 Å². The summed E-state index contributed by atoms with van der Waals surface area (Å²) in [4.78, 5) is 43.0. The summed E-state index contributed by atoms with van der Waals surface area (Å²) >= 11 is 0. The predicted octanol–water partition coefficient (Wildman–Crippen LogP) is 0.640. The number of rotatable bonds is 7. The van der Waals surface area contributed by atoms with Gasteiger partial charge in [-0.2, -0.15) is 0 Å². The van der Waals surface area contributed by atoms with E-state index in [9.17, 15) is 24.5 Å². The molecule has 0 bridgehead atoms. The molecule has 22 heavy (non-hydrogen) atoms. The maximum Gasteiger partial charge on any atom is 0.326 e. The van der Waals surface area contributed by atoms with E-state index in [1.165, 1.54) is 12.1 Å². The van der Waals surface area contributed by atoms with E-state index in [1.807, 2.05) is 0 Å². The second kappa shape index (κ2) is 8.75. The van der Waals surface area contributed by atoms with Gasteiger partial charge in [0.1, 0.15) is 6.04 Å². The van der Waals surface area contributed by atoms with Crippen LogP contribution in [0.25, 0.3) is 0 Å². The standard InChI is InChI=1S/C12H12N2O7.Fe/c15-10(16)6-5-9(12(18)19)13-11(17)7-1-3-8(4-2-7)14(20)21;/h1-4,9H,5-6H2,(H,13,17)(H,15,16)(H,18,19);. The monoisotopic (exact) mass is 352 g/mol. The van der Waals surface area contributed by atoms with Gasteiger partial charge in [0, 0.05) is 41.2 Å². The first kappa shape index (κ1) is 19.5. The molecule has 0 saturated heterocycles. The smallest absolute Gasteiger partial charge is 0.326 e. The average molecular weight is 352 g/mol. The Bertz CT molecular complexity index is 573. The molecule has 0 aliphatic carbocycles. The van der Waals surface area contributed by atoms with Crippen molar-refractivity contribution in [3.05, 3.63) is 39.9 Å². The van der Waals surface area contributed by atoms with Crippen LogP contribution in [0.4, 0.5) is 5.69 Å². The third-order valence-electron chi connectivity index (χ3n) is 2.59. The van der Waals surface area contributed by atoms with Gasteiger partial charge in [-0.15, -0.1) is 0 Å². The van der Waals surface area contributed by atoms with E-state index < -0.39 is 35.2 Å². The van der Waals surface area contributed by atoms with Gasteiger partial charge in [0.2, 0.25) is 0 Å². The van der Waals surface area contributed by atoms with Crippen LogP contribution in [-0.2, 0) is 26.7 Å². The number of nitrogens with zero attached hydrogens (tertiary/aromatic N) is 1. The topological polar surface area (TPSA) is 147 Å². The molecule has 0 saturated carbocycles. The van der Waals surface area contributed by atoms with Crippen molar-refractivity contribution in [2.75, 3.05) is 0 Å². The molecular formula is C12H12FeN2O7. The van der Waals surface area contributed by atoms with Crippen LogP contribution in [0.5, 0.6) is 0 Å². The Morgan fingerprint density at radius 1 is 1.18 bits per heavy atom. The van der Waals surface area contributed by atoms with Crippen LogP contribution < -0.4 is 5.32 Å². The van der Waals surface area contributed by atoms with Crippen molar-refractivity contribution in [3.8, 4) is 0 Å². The molecule has 0 aliphatic heterocycles. The van der Waals surface area contributed by atoms with Crippen LogP contribution in [0.1, 0.15) is 23.2 Å². The Balaban J connectivity index is 0.00000441. The van der Waals surface area contributed by atoms with E-state index in [0.717, 1.165) is 12.1 Å². The van der Waals surface area contributed by atoms with Crippen molar-refractivity contribution >= 4 is 23.5 Å². The van der Waals surface area contributed by atoms with Gasteiger partial charge in [0.05, 0.1) is 4.92 Å². The summed E-state index contributed by atoms with van der Waals surface area (Å²) in [5, 5.41) is 30.0. The molecule has 1 rings (SSSR count). The summed E-state index contributed by atoms with van der Waals surface area (Å²) in [5.74, 6) is -3.28. The molecule has 0 spiro atoms. The second-order valence-corrected chi connectivity index (χ2v) is 4.10. The third-order valence-corrected chi connectivity index (χ3v) is 2.59. The van der Waals surface area contributed by atoms with Crippen LogP contribution in [0.2, 0.25) is 0 Å². The molecule has 0 radical (unpaired) electrons. The Hall–Kier alpha value is -2.45. The normalized spacial score (nSPS) is 10.9. The van der Waals surface area contributed by atoms with Crippen LogP contribution in [0, 0.1) is 10.1 Å². The first-order valence-electron chi connectivity index (χ1n) is 5.81. The van der Waals surface area contributed by atoms with Crippen LogP contribution in [-0.4, -0.2) is 39.0 Å². The van der Waals surface area contributed by atoms with Gasteiger partial charge in [0.25, 0.3) is 11.6 Å². The van der Waals surface area contributed by atoms with E-state index in [2.05, 4.69) is 5.32 Å². The first-order chi connectivity index (χ1) is 9.81. The molecule has 1 atom stereocenters. The number of nitro benzene ring substituents is 1. The average Bonchev–Trinajstić information content (AvgIpc) is 2.42. The third kappa shape index (κ3) is 5.90. The van der Waals surface area contributed by atoms with Gasteiger partial charge < -0.3 is 15.5 Å². The van der Waals surface area contributed by atoms with Gasteiger partial charge in [-0.05, 0) is 18.6 Å². The molecule has 0 aromatic heterocycles. The molecule has 10 heteroatoms. The van der Waals surface area contributed by atoms with E-state index in [1.54, 1.807) is 0 Å². The van der Waals surface area contributed by atoms with E-state index in [-0.39, 0.29) is 34.7 Å². The summed E-state index contributed by atoms with van der Waals surface area (Å²) in [7, 11) is 0. The molecule has 0 fully saturated rings. The van der Waals surface area contributed by atoms with Gasteiger partial charge in [-0.1, -0.05) is 0 Å². The van der Waals surface area contributed by atoms with Crippen molar-refractivity contribution in [2.45, 2.75) is 18.9 Å². The number of non-ortho nitro benzene ring substituents is 1. The number of aliphatic carboxylic acids is 2. The SMILES string of the molecule is O=C(O)CCC(NC(=O)c1ccc([N+](=O)[O-])cc1)C(=O)O.[Fe]. The first-order valence-corrected chi connectivity index (χ1v) is 5.81. The van der Waals surface area contributed by atoms with Gasteiger partial charge in [-0.3, -0.25) is 19.7 Å². The molecule has 1 aromatic rings. The van der Waals surface area contributed by atoms with Gasteiger partial charge in [-0.25, -0.2) is 4.79 Å². The number of carbonyl (C=O) groups is 3. The van der Waals surface area contributed by atoms with E-state index in [0.29, 0.717) is 0 Å². The number of benzene rings is 1. The molecule has 0 aliphatic rings. The van der Waals surface area contributed by atoms with Crippen LogP contribution in [0.15, 0.2) is 24.3 Å². The fraction of sp³-hybridized carbons (Fsp3) is 0.250. The zero-order chi connectivity index (χ0) is 16.0. The number of carboxylic acid groups (broad SMARTS) is 2. The van der Waals surface area contributed by atoms with Gasteiger partial charge >= 0.3 is 11.9 Å². The summed E-state index contributed by atoms with van der Waals surface area (Å²) in [5.41, 5.74) is -0.158. The zero-order valence-electron chi connectivity index (χ0n) is 11.0. The largest absolute Gasteiger partial charge is 0.481 e.